The normalized spacial score (nSPS) is 11.9. The summed E-state index contributed by atoms with van der Waals surface area (Å²) in [5.74, 6) is 0.231. The minimum Gasteiger partial charge on any atom is -0.508 e. The molecule has 28 heavy (non-hydrogen) atoms. The van der Waals surface area contributed by atoms with Gasteiger partial charge in [-0.2, -0.15) is 0 Å². The van der Waals surface area contributed by atoms with Crippen molar-refractivity contribution in [1.29, 1.82) is 0 Å². The number of benzene rings is 4. The van der Waals surface area contributed by atoms with Crippen molar-refractivity contribution >= 4 is 59.7 Å². The van der Waals surface area contributed by atoms with Crippen LogP contribution in [0.25, 0.3) is 49.4 Å². The summed E-state index contributed by atoms with van der Waals surface area (Å²) in [5.41, 5.74) is 4.78. The van der Waals surface area contributed by atoms with Crippen LogP contribution in [-0.4, -0.2) is 9.67 Å². The van der Waals surface area contributed by atoms with Crippen molar-refractivity contribution in [1.82, 2.24) is 4.57 Å². The number of aromatic hydroxyl groups is 1. The number of halogens is 1. The molecule has 0 bridgehead atoms. The van der Waals surface area contributed by atoms with E-state index in [2.05, 4.69) is 50.8 Å². The van der Waals surface area contributed by atoms with E-state index in [1.54, 1.807) is 12.1 Å². The fourth-order valence-electron chi connectivity index (χ4n) is 4.17. The number of para-hydroxylation sites is 2. The molecule has 6 rings (SSSR count). The summed E-state index contributed by atoms with van der Waals surface area (Å²) in [6.45, 7) is 0. The fourth-order valence-corrected chi connectivity index (χ4v) is 4.59. The monoisotopic (exact) mass is 427 g/mol. The lowest BCUT2D eigenvalue weighted by molar-refractivity contribution is 0.475. The van der Waals surface area contributed by atoms with Gasteiger partial charge in [0.25, 0.3) is 0 Å². The Kier molecular flexibility index (Phi) is 3.17. The second kappa shape index (κ2) is 5.63. The number of phenols is 1. The third-order valence-electron chi connectivity index (χ3n) is 5.35. The van der Waals surface area contributed by atoms with E-state index >= 15 is 0 Å². The van der Waals surface area contributed by atoms with E-state index in [9.17, 15) is 5.11 Å². The molecule has 0 aliphatic rings. The summed E-state index contributed by atoms with van der Waals surface area (Å²) in [6, 6.07) is 26.0. The van der Waals surface area contributed by atoms with E-state index in [1.165, 1.54) is 0 Å². The lowest BCUT2D eigenvalue weighted by atomic mass is 10.1. The van der Waals surface area contributed by atoms with E-state index < -0.39 is 0 Å². The second-order valence-corrected chi connectivity index (χ2v) is 7.78. The molecule has 0 spiro atoms. The van der Waals surface area contributed by atoms with Crippen LogP contribution >= 0.6 is 15.9 Å². The third kappa shape index (κ3) is 2.04. The summed E-state index contributed by atoms with van der Waals surface area (Å²) in [4.78, 5) is 0. The van der Waals surface area contributed by atoms with Gasteiger partial charge in [0.15, 0.2) is 0 Å². The molecule has 2 aromatic heterocycles. The van der Waals surface area contributed by atoms with Gasteiger partial charge >= 0.3 is 0 Å². The Labute approximate surface area is 168 Å². The maximum Gasteiger partial charge on any atom is 0.145 e. The van der Waals surface area contributed by atoms with Crippen LogP contribution in [0.4, 0.5) is 0 Å². The van der Waals surface area contributed by atoms with Gasteiger partial charge in [-0.3, -0.25) is 0 Å². The Bertz CT molecular complexity index is 1540. The fraction of sp³-hybridized carbons (Fsp3) is 0. The maximum absolute atomic E-state index is 10.1. The molecule has 2 heterocycles. The zero-order valence-corrected chi connectivity index (χ0v) is 16.3. The predicted octanol–water partition coefficient (Wildman–Crippen LogP) is 7.15. The SMILES string of the molecule is Oc1ccc(Br)c(-n2c3ccccc3c3c4oc5ccccc5c4ccc32)c1. The molecule has 0 saturated carbocycles. The number of aromatic nitrogens is 1. The van der Waals surface area contributed by atoms with Crippen molar-refractivity contribution in [2.75, 3.05) is 0 Å². The molecule has 0 radical (unpaired) electrons. The summed E-state index contributed by atoms with van der Waals surface area (Å²) >= 11 is 3.65. The van der Waals surface area contributed by atoms with Crippen LogP contribution in [0.3, 0.4) is 0 Å². The Morgan fingerprint density at radius 2 is 1.54 bits per heavy atom. The summed E-state index contributed by atoms with van der Waals surface area (Å²) in [7, 11) is 0. The molecule has 0 unspecified atom stereocenters. The smallest absolute Gasteiger partial charge is 0.145 e. The quantitative estimate of drug-likeness (QED) is 0.302. The highest BCUT2D eigenvalue weighted by atomic mass is 79.9. The van der Waals surface area contributed by atoms with Gasteiger partial charge in [-0.05, 0) is 52.3 Å². The molecule has 0 aliphatic heterocycles. The Hall–Kier alpha value is -3.24. The van der Waals surface area contributed by atoms with Gasteiger partial charge in [0, 0.05) is 26.7 Å². The molecule has 4 heteroatoms. The average Bonchev–Trinajstić information content (AvgIpc) is 3.25. The molecule has 3 nitrogen and oxygen atoms in total. The minimum atomic E-state index is 0.231. The third-order valence-corrected chi connectivity index (χ3v) is 6.02. The molecule has 0 atom stereocenters. The van der Waals surface area contributed by atoms with E-state index in [0.717, 1.165) is 53.9 Å². The zero-order valence-electron chi connectivity index (χ0n) is 14.7. The minimum absolute atomic E-state index is 0.231. The lowest BCUT2D eigenvalue weighted by Gasteiger charge is -2.10. The van der Waals surface area contributed by atoms with Gasteiger partial charge < -0.3 is 14.1 Å². The van der Waals surface area contributed by atoms with Crippen molar-refractivity contribution in [3.63, 3.8) is 0 Å². The van der Waals surface area contributed by atoms with E-state index in [-0.39, 0.29) is 5.75 Å². The molecule has 1 N–H and O–H groups in total. The Morgan fingerprint density at radius 1 is 0.750 bits per heavy atom. The highest BCUT2D eigenvalue weighted by molar-refractivity contribution is 9.10. The van der Waals surface area contributed by atoms with Crippen molar-refractivity contribution in [2.45, 2.75) is 0 Å². The summed E-state index contributed by atoms with van der Waals surface area (Å²) < 4.78 is 9.38. The molecular formula is C24H14BrNO2. The van der Waals surface area contributed by atoms with Crippen LogP contribution in [0.2, 0.25) is 0 Å². The number of fused-ring (bicyclic) bond motifs is 7. The molecule has 0 saturated heterocycles. The van der Waals surface area contributed by atoms with Crippen LogP contribution in [0, 0.1) is 0 Å². The average molecular weight is 428 g/mol. The van der Waals surface area contributed by atoms with Crippen molar-refractivity contribution in [3.05, 3.63) is 83.3 Å². The second-order valence-electron chi connectivity index (χ2n) is 6.92. The van der Waals surface area contributed by atoms with E-state index in [1.807, 2.05) is 36.4 Å². The number of hydrogen-bond donors (Lipinski definition) is 1. The Morgan fingerprint density at radius 3 is 2.43 bits per heavy atom. The van der Waals surface area contributed by atoms with E-state index in [4.69, 9.17) is 4.42 Å². The van der Waals surface area contributed by atoms with Crippen LogP contribution in [0.5, 0.6) is 5.75 Å². The van der Waals surface area contributed by atoms with Crippen LogP contribution in [0.1, 0.15) is 0 Å². The number of hydrogen-bond acceptors (Lipinski definition) is 2. The first-order valence-electron chi connectivity index (χ1n) is 9.05. The topological polar surface area (TPSA) is 38.3 Å². The molecular weight excluding hydrogens is 414 g/mol. The van der Waals surface area contributed by atoms with Crippen molar-refractivity contribution in [3.8, 4) is 11.4 Å². The number of nitrogens with zero attached hydrogens (tertiary/aromatic N) is 1. The van der Waals surface area contributed by atoms with Crippen molar-refractivity contribution in [2.24, 2.45) is 0 Å². The Balaban J connectivity index is 1.87. The van der Waals surface area contributed by atoms with Gasteiger partial charge in [-0.15, -0.1) is 0 Å². The predicted molar refractivity (Wildman–Crippen MR) is 117 cm³/mol. The van der Waals surface area contributed by atoms with Gasteiger partial charge in [0.1, 0.15) is 16.9 Å². The number of rotatable bonds is 1. The van der Waals surface area contributed by atoms with Gasteiger partial charge in [-0.25, -0.2) is 0 Å². The molecule has 134 valence electrons. The van der Waals surface area contributed by atoms with Crippen LogP contribution in [-0.2, 0) is 0 Å². The molecule has 6 aromatic rings. The molecule has 0 aliphatic carbocycles. The van der Waals surface area contributed by atoms with Gasteiger partial charge in [0.05, 0.1) is 22.1 Å². The van der Waals surface area contributed by atoms with E-state index in [0.29, 0.717) is 0 Å². The van der Waals surface area contributed by atoms with Gasteiger partial charge in [-0.1, -0.05) is 36.4 Å². The summed E-state index contributed by atoms with van der Waals surface area (Å²) in [6.07, 6.45) is 0. The first-order valence-corrected chi connectivity index (χ1v) is 9.84. The summed E-state index contributed by atoms with van der Waals surface area (Å²) in [5, 5.41) is 14.5. The molecule has 0 amide bonds. The lowest BCUT2D eigenvalue weighted by Crippen LogP contribution is -1.94. The first-order chi connectivity index (χ1) is 13.7. The number of phenolic OH excluding ortho intramolecular Hbond substituents is 1. The highest BCUT2D eigenvalue weighted by Gasteiger charge is 2.19. The number of furan rings is 1. The standard InChI is InChI=1S/C24H14BrNO2/c25-18-11-9-14(27)13-21(18)26-19-7-3-1-6-17(19)23-20(26)12-10-16-15-5-2-4-8-22(15)28-24(16)23/h1-13,27H. The van der Waals surface area contributed by atoms with Gasteiger partial charge in [0.2, 0.25) is 0 Å². The largest absolute Gasteiger partial charge is 0.508 e. The maximum atomic E-state index is 10.1. The zero-order chi connectivity index (χ0) is 18.8. The van der Waals surface area contributed by atoms with Crippen LogP contribution in [0.15, 0.2) is 87.8 Å². The molecule has 0 fully saturated rings. The highest BCUT2D eigenvalue weighted by Crippen LogP contribution is 2.41. The van der Waals surface area contributed by atoms with Crippen LogP contribution < -0.4 is 0 Å². The molecule has 4 aromatic carbocycles. The first kappa shape index (κ1) is 15.8. The van der Waals surface area contributed by atoms with Crippen molar-refractivity contribution < 1.29 is 9.52 Å².